The molecule has 0 aromatic heterocycles. The van der Waals surface area contributed by atoms with E-state index in [1.807, 2.05) is 0 Å². The van der Waals surface area contributed by atoms with E-state index in [1.165, 1.54) is 6.07 Å². The first kappa shape index (κ1) is 14.7. The number of nitrogen functional groups attached to an aromatic ring is 1. The van der Waals surface area contributed by atoms with E-state index in [9.17, 15) is 18.0 Å². The molecule has 0 aliphatic carbocycles. The SMILES string of the molecule is Cc1cc(C(=O)NCCSC(F)(F)F)ccc1N. The standard InChI is InChI=1S/C11H13F3N2OS/c1-7-6-8(2-3-9(7)15)10(17)16-4-5-18-11(12,13)14/h2-3,6H,4-5,15H2,1H3,(H,16,17). The minimum atomic E-state index is -4.26. The summed E-state index contributed by atoms with van der Waals surface area (Å²) >= 11 is -0.158. The van der Waals surface area contributed by atoms with Crippen molar-refractivity contribution in [2.45, 2.75) is 12.4 Å². The molecular weight excluding hydrogens is 265 g/mol. The normalized spacial score (nSPS) is 11.3. The average Bonchev–Trinajstić information content (AvgIpc) is 2.26. The van der Waals surface area contributed by atoms with E-state index in [1.54, 1.807) is 19.1 Å². The average molecular weight is 278 g/mol. The van der Waals surface area contributed by atoms with Crippen LogP contribution in [0.25, 0.3) is 0 Å². The van der Waals surface area contributed by atoms with Crippen LogP contribution in [0.15, 0.2) is 18.2 Å². The van der Waals surface area contributed by atoms with Crippen LogP contribution in [-0.2, 0) is 0 Å². The topological polar surface area (TPSA) is 55.1 Å². The lowest BCUT2D eigenvalue weighted by Gasteiger charge is -2.08. The Bertz CT molecular complexity index is 435. The highest BCUT2D eigenvalue weighted by atomic mass is 32.2. The fourth-order valence-corrected chi connectivity index (χ4v) is 1.69. The molecule has 3 N–H and O–H groups in total. The van der Waals surface area contributed by atoms with E-state index in [-0.39, 0.29) is 24.1 Å². The van der Waals surface area contributed by atoms with E-state index < -0.39 is 11.4 Å². The number of benzene rings is 1. The van der Waals surface area contributed by atoms with Gasteiger partial charge in [0.05, 0.1) is 0 Å². The molecule has 7 heteroatoms. The van der Waals surface area contributed by atoms with Gasteiger partial charge in [0.2, 0.25) is 0 Å². The summed E-state index contributed by atoms with van der Waals surface area (Å²) in [4.78, 5) is 11.6. The lowest BCUT2D eigenvalue weighted by Crippen LogP contribution is -2.26. The Kier molecular flexibility index (Phi) is 4.89. The zero-order chi connectivity index (χ0) is 13.8. The molecule has 1 aromatic carbocycles. The third-order valence-corrected chi connectivity index (χ3v) is 2.92. The van der Waals surface area contributed by atoms with Gasteiger partial charge in [0, 0.05) is 23.5 Å². The molecule has 0 heterocycles. The van der Waals surface area contributed by atoms with E-state index in [0.717, 1.165) is 5.56 Å². The first-order valence-corrected chi connectivity index (χ1v) is 6.13. The lowest BCUT2D eigenvalue weighted by molar-refractivity contribution is -0.0327. The van der Waals surface area contributed by atoms with Crippen molar-refractivity contribution in [1.82, 2.24) is 5.32 Å². The van der Waals surface area contributed by atoms with Crippen LogP contribution in [-0.4, -0.2) is 23.7 Å². The van der Waals surface area contributed by atoms with Crippen LogP contribution in [0.3, 0.4) is 0 Å². The number of nitrogens with one attached hydrogen (secondary N) is 1. The highest BCUT2D eigenvalue weighted by molar-refractivity contribution is 8.00. The number of thioether (sulfide) groups is 1. The van der Waals surface area contributed by atoms with Crippen molar-refractivity contribution in [2.24, 2.45) is 0 Å². The van der Waals surface area contributed by atoms with Gasteiger partial charge in [0.1, 0.15) is 0 Å². The number of nitrogens with two attached hydrogens (primary N) is 1. The van der Waals surface area contributed by atoms with Gasteiger partial charge < -0.3 is 11.1 Å². The van der Waals surface area contributed by atoms with Crippen molar-refractivity contribution < 1.29 is 18.0 Å². The lowest BCUT2D eigenvalue weighted by atomic mass is 10.1. The molecule has 18 heavy (non-hydrogen) atoms. The van der Waals surface area contributed by atoms with Gasteiger partial charge in [-0.1, -0.05) is 0 Å². The van der Waals surface area contributed by atoms with Crippen LogP contribution >= 0.6 is 11.8 Å². The predicted molar refractivity (Wildman–Crippen MR) is 66.4 cm³/mol. The molecule has 0 unspecified atom stereocenters. The molecule has 3 nitrogen and oxygen atoms in total. The fraction of sp³-hybridized carbons (Fsp3) is 0.364. The molecule has 0 bridgehead atoms. The van der Waals surface area contributed by atoms with Gasteiger partial charge in [-0.2, -0.15) is 13.2 Å². The number of aryl methyl sites for hydroxylation is 1. The number of carbonyl (C=O) groups is 1. The number of anilines is 1. The Morgan fingerprint density at radius 3 is 2.67 bits per heavy atom. The quantitative estimate of drug-likeness (QED) is 0.657. The number of hydrogen-bond donors (Lipinski definition) is 2. The summed E-state index contributed by atoms with van der Waals surface area (Å²) in [7, 11) is 0. The van der Waals surface area contributed by atoms with Crippen molar-refractivity contribution in [3.63, 3.8) is 0 Å². The summed E-state index contributed by atoms with van der Waals surface area (Å²) in [6.45, 7) is 1.72. The second-order valence-electron chi connectivity index (χ2n) is 3.62. The largest absolute Gasteiger partial charge is 0.441 e. The smallest absolute Gasteiger partial charge is 0.399 e. The maximum absolute atomic E-state index is 11.8. The van der Waals surface area contributed by atoms with Gasteiger partial charge in [-0.25, -0.2) is 0 Å². The van der Waals surface area contributed by atoms with Gasteiger partial charge >= 0.3 is 5.51 Å². The minimum Gasteiger partial charge on any atom is -0.399 e. The molecule has 0 atom stereocenters. The third-order valence-electron chi connectivity index (χ3n) is 2.19. The zero-order valence-corrected chi connectivity index (χ0v) is 10.5. The second kappa shape index (κ2) is 5.99. The van der Waals surface area contributed by atoms with Crippen LogP contribution in [0.1, 0.15) is 15.9 Å². The zero-order valence-electron chi connectivity index (χ0n) is 9.67. The Morgan fingerprint density at radius 2 is 2.11 bits per heavy atom. The summed E-state index contributed by atoms with van der Waals surface area (Å²) in [5.74, 6) is -0.607. The van der Waals surface area contributed by atoms with Crippen LogP contribution in [0.5, 0.6) is 0 Å². The number of halogens is 3. The monoisotopic (exact) mass is 278 g/mol. The molecule has 1 amide bonds. The number of hydrogen-bond acceptors (Lipinski definition) is 3. The van der Waals surface area contributed by atoms with Crippen molar-refractivity contribution in [3.05, 3.63) is 29.3 Å². The van der Waals surface area contributed by atoms with Crippen LogP contribution in [0, 0.1) is 6.92 Å². The van der Waals surface area contributed by atoms with Crippen molar-refractivity contribution in [2.75, 3.05) is 18.0 Å². The number of carbonyl (C=O) groups excluding carboxylic acids is 1. The highest BCUT2D eigenvalue weighted by Gasteiger charge is 2.27. The van der Waals surface area contributed by atoms with Crippen LogP contribution in [0.4, 0.5) is 18.9 Å². The molecular formula is C11H13F3N2OS. The number of alkyl halides is 3. The Labute approximate surface area is 107 Å². The molecule has 0 radical (unpaired) electrons. The Balaban J connectivity index is 2.43. The molecule has 0 saturated heterocycles. The molecule has 1 aromatic rings. The highest BCUT2D eigenvalue weighted by Crippen LogP contribution is 2.29. The minimum absolute atomic E-state index is 0.0353. The fourth-order valence-electron chi connectivity index (χ4n) is 1.25. The maximum Gasteiger partial charge on any atom is 0.441 e. The molecule has 1 rings (SSSR count). The van der Waals surface area contributed by atoms with Gasteiger partial charge in [0.25, 0.3) is 5.91 Å². The third kappa shape index (κ3) is 4.87. The van der Waals surface area contributed by atoms with Crippen molar-refractivity contribution >= 4 is 23.4 Å². The predicted octanol–water partition coefficient (Wildman–Crippen LogP) is 2.56. The summed E-state index contributed by atoms with van der Waals surface area (Å²) in [6, 6.07) is 4.73. The van der Waals surface area contributed by atoms with Crippen LogP contribution < -0.4 is 11.1 Å². The van der Waals surface area contributed by atoms with E-state index in [0.29, 0.717) is 11.3 Å². The van der Waals surface area contributed by atoms with E-state index in [2.05, 4.69) is 5.32 Å². The van der Waals surface area contributed by atoms with Gasteiger partial charge in [-0.3, -0.25) is 4.79 Å². The Hall–Kier alpha value is -1.37. The molecule has 0 fully saturated rings. The summed E-state index contributed by atoms with van der Waals surface area (Å²) in [5.41, 5.74) is 3.05. The molecule has 0 spiro atoms. The molecule has 100 valence electrons. The Morgan fingerprint density at radius 1 is 1.44 bits per heavy atom. The number of rotatable bonds is 4. The summed E-state index contributed by atoms with van der Waals surface area (Å²) in [5, 5.41) is 2.42. The van der Waals surface area contributed by atoms with E-state index in [4.69, 9.17) is 5.73 Å². The molecule has 0 saturated carbocycles. The van der Waals surface area contributed by atoms with Crippen LogP contribution in [0.2, 0.25) is 0 Å². The van der Waals surface area contributed by atoms with Gasteiger partial charge in [0.15, 0.2) is 0 Å². The van der Waals surface area contributed by atoms with Crippen molar-refractivity contribution in [3.8, 4) is 0 Å². The van der Waals surface area contributed by atoms with Gasteiger partial charge in [-0.15, -0.1) is 0 Å². The molecule has 0 aliphatic rings. The maximum atomic E-state index is 11.8. The van der Waals surface area contributed by atoms with Gasteiger partial charge in [-0.05, 0) is 42.4 Å². The first-order valence-electron chi connectivity index (χ1n) is 5.14. The van der Waals surface area contributed by atoms with E-state index >= 15 is 0 Å². The summed E-state index contributed by atoms with van der Waals surface area (Å²) < 4.78 is 35.5. The molecule has 0 aliphatic heterocycles. The number of amides is 1. The van der Waals surface area contributed by atoms with Crippen molar-refractivity contribution in [1.29, 1.82) is 0 Å². The second-order valence-corrected chi connectivity index (χ2v) is 4.78. The summed E-state index contributed by atoms with van der Waals surface area (Å²) in [6.07, 6.45) is 0. The first-order chi connectivity index (χ1) is 8.29.